The lowest BCUT2D eigenvalue weighted by molar-refractivity contribution is -0.184. The normalized spacial score (nSPS) is 23.4. The molecule has 1 saturated carbocycles. The summed E-state index contributed by atoms with van der Waals surface area (Å²) >= 11 is 3.32. The summed E-state index contributed by atoms with van der Waals surface area (Å²) in [6.07, 6.45) is -3.47. The maximum Gasteiger partial charge on any atom is 0.391 e. The molecular formula is C14H15BrF3NO. The van der Waals surface area contributed by atoms with Gasteiger partial charge in [-0.25, -0.2) is 0 Å². The van der Waals surface area contributed by atoms with Gasteiger partial charge in [-0.05, 0) is 53.7 Å². The Hall–Kier alpha value is -1.04. The number of benzene rings is 1. The minimum atomic E-state index is -4.14. The van der Waals surface area contributed by atoms with Crippen molar-refractivity contribution in [3.8, 4) is 0 Å². The highest BCUT2D eigenvalue weighted by atomic mass is 79.9. The molecule has 110 valence electrons. The molecule has 0 saturated heterocycles. The lowest BCUT2D eigenvalue weighted by Gasteiger charge is -2.29. The number of nitrogens with one attached hydrogen (secondary N) is 1. The van der Waals surface area contributed by atoms with Gasteiger partial charge in [-0.1, -0.05) is 12.1 Å². The Balaban J connectivity index is 1.91. The Kier molecular flexibility index (Phi) is 4.73. The van der Waals surface area contributed by atoms with E-state index < -0.39 is 12.1 Å². The van der Waals surface area contributed by atoms with Gasteiger partial charge in [-0.15, -0.1) is 0 Å². The van der Waals surface area contributed by atoms with Crippen LogP contribution in [0, 0.1) is 11.8 Å². The van der Waals surface area contributed by atoms with Crippen LogP contribution in [0.3, 0.4) is 0 Å². The first-order valence-corrected chi connectivity index (χ1v) is 7.29. The molecule has 1 aliphatic carbocycles. The Morgan fingerprint density at radius 3 is 2.30 bits per heavy atom. The van der Waals surface area contributed by atoms with Crippen LogP contribution in [0.25, 0.3) is 0 Å². The van der Waals surface area contributed by atoms with E-state index in [2.05, 4.69) is 21.2 Å². The van der Waals surface area contributed by atoms with Crippen LogP contribution in [-0.4, -0.2) is 12.1 Å². The minimum Gasteiger partial charge on any atom is -0.325 e. The van der Waals surface area contributed by atoms with E-state index in [0.717, 1.165) is 4.47 Å². The van der Waals surface area contributed by atoms with Crippen LogP contribution in [0.5, 0.6) is 0 Å². The second-order valence-electron chi connectivity index (χ2n) is 5.06. The van der Waals surface area contributed by atoms with Gasteiger partial charge in [0, 0.05) is 10.4 Å². The summed E-state index contributed by atoms with van der Waals surface area (Å²) in [4.78, 5) is 12.1. The van der Waals surface area contributed by atoms with Gasteiger partial charge in [-0.3, -0.25) is 4.79 Å². The molecule has 20 heavy (non-hydrogen) atoms. The second kappa shape index (κ2) is 6.16. The van der Waals surface area contributed by atoms with Crippen LogP contribution < -0.4 is 5.32 Å². The van der Waals surface area contributed by atoms with Gasteiger partial charge >= 0.3 is 6.18 Å². The zero-order valence-electron chi connectivity index (χ0n) is 10.7. The molecule has 1 aromatic carbocycles. The molecular weight excluding hydrogens is 335 g/mol. The van der Waals surface area contributed by atoms with Crippen LogP contribution in [-0.2, 0) is 4.79 Å². The molecule has 1 N–H and O–H groups in total. The van der Waals surface area contributed by atoms with Crippen molar-refractivity contribution in [3.05, 3.63) is 28.7 Å². The van der Waals surface area contributed by atoms with E-state index in [-0.39, 0.29) is 24.7 Å². The molecule has 0 spiro atoms. The zero-order chi connectivity index (χ0) is 14.8. The van der Waals surface area contributed by atoms with Crippen LogP contribution >= 0.6 is 15.9 Å². The fourth-order valence-electron chi connectivity index (χ4n) is 2.48. The van der Waals surface area contributed by atoms with Crippen molar-refractivity contribution < 1.29 is 18.0 Å². The summed E-state index contributed by atoms with van der Waals surface area (Å²) in [7, 11) is 0. The first kappa shape index (κ1) is 15.4. The third-order valence-corrected chi connectivity index (χ3v) is 4.38. The van der Waals surface area contributed by atoms with Crippen molar-refractivity contribution in [2.45, 2.75) is 31.9 Å². The molecule has 6 heteroatoms. The third kappa shape index (κ3) is 3.75. The third-order valence-electron chi connectivity index (χ3n) is 3.69. The van der Waals surface area contributed by atoms with Gasteiger partial charge in [0.1, 0.15) is 0 Å². The quantitative estimate of drug-likeness (QED) is 0.819. The maximum absolute atomic E-state index is 12.6. The fraction of sp³-hybridized carbons (Fsp3) is 0.500. The number of carbonyl (C=O) groups excluding carboxylic acids is 1. The van der Waals surface area contributed by atoms with Gasteiger partial charge in [0.15, 0.2) is 0 Å². The molecule has 0 bridgehead atoms. The van der Waals surface area contributed by atoms with Crippen LogP contribution in [0.4, 0.5) is 18.9 Å². The largest absolute Gasteiger partial charge is 0.391 e. The van der Waals surface area contributed by atoms with Crippen LogP contribution in [0.2, 0.25) is 0 Å². The standard InChI is InChI=1S/C14H15BrF3NO/c15-11-3-1-2-4-12(11)19-13(20)9-5-7-10(8-6-9)14(16,17)18/h1-4,9-10H,5-8H2,(H,19,20). The van der Waals surface area contributed by atoms with E-state index in [1.165, 1.54) is 0 Å². The topological polar surface area (TPSA) is 29.1 Å². The molecule has 2 nitrogen and oxygen atoms in total. The number of halogens is 4. The summed E-state index contributed by atoms with van der Waals surface area (Å²) in [5, 5.41) is 2.77. The monoisotopic (exact) mass is 349 g/mol. The van der Waals surface area contributed by atoms with Gasteiger partial charge < -0.3 is 5.32 Å². The van der Waals surface area contributed by atoms with E-state index in [0.29, 0.717) is 18.5 Å². The average molecular weight is 350 g/mol. The van der Waals surface area contributed by atoms with Gasteiger partial charge in [-0.2, -0.15) is 13.2 Å². The minimum absolute atomic E-state index is 0.0392. The fourth-order valence-corrected chi connectivity index (χ4v) is 2.86. The molecule has 0 heterocycles. The van der Waals surface area contributed by atoms with Crippen molar-refractivity contribution in [1.82, 2.24) is 0 Å². The van der Waals surface area contributed by atoms with Crippen molar-refractivity contribution in [3.63, 3.8) is 0 Å². The van der Waals surface area contributed by atoms with Crippen molar-refractivity contribution >= 4 is 27.5 Å². The Labute approximate surface area is 123 Å². The second-order valence-corrected chi connectivity index (χ2v) is 5.91. The molecule has 0 aromatic heterocycles. The number of para-hydroxylation sites is 1. The van der Waals surface area contributed by atoms with E-state index in [1.807, 2.05) is 6.07 Å². The molecule has 0 atom stereocenters. The van der Waals surface area contributed by atoms with E-state index >= 15 is 0 Å². The molecule has 1 aliphatic rings. The van der Waals surface area contributed by atoms with E-state index in [4.69, 9.17) is 0 Å². The summed E-state index contributed by atoms with van der Waals surface area (Å²) in [5.74, 6) is -1.78. The number of carbonyl (C=O) groups is 1. The van der Waals surface area contributed by atoms with Crippen molar-refractivity contribution in [2.75, 3.05) is 5.32 Å². The Bertz CT molecular complexity index is 482. The van der Waals surface area contributed by atoms with Gasteiger partial charge in [0.25, 0.3) is 0 Å². The Morgan fingerprint density at radius 2 is 1.75 bits per heavy atom. The summed E-state index contributed by atoms with van der Waals surface area (Å²) in [6.45, 7) is 0. The highest BCUT2D eigenvalue weighted by Gasteiger charge is 2.42. The predicted molar refractivity (Wildman–Crippen MR) is 74.3 cm³/mol. The molecule has 1 aromatic rings. The number of alkyl halides is 3. The zero-order valence-corrected chi connectivity index (χ0v) is 12.3. The van der Waals surface area contributed by atoms with Crippen LogP contribution in [0.1, 0.15) is 25.7 Å². The summed E-state index contributed by atoms with van der Waals surface area (Å²) in [6, 6.07) is 7.18. The lowest BCUT2D eigenvalue weighted by atomic mass is 9.81. The van der Waals surface area contributed by atoms with E-state index in [1.54, 1.807) is 18.2 Å². The smallest absolute Gasteiger partial charge is 0.325 e. The van der Waals surface area contributed by atoms with E-state index in [9.17, 15) is 18.0 Å². The number of amides is 1. The van der Waals surface area contributed by atoms with Gasteiger partial charge in [0.05, 0.1) is 11.6 Å². The first-order chi connectivity index (χ1) is 9.38. The molecule has 0 unspecified atom stereocenters. The number of rotatable bonds is 2. The molecule has 1 amide bonds. The molecule has 2 rings (SSSR count). The predicted octanol–water partition coefficient (Wildman–Crippen LogP) is 4.76. The SMILES string of the molecule is O=C(Nc1ccccc1Br)C1CCC(C(F)(F)F)CC1. The highest BCUT2D eigenvalue weighted by Crippen LogP contribution is 2.39. The van der Waals surface area contributed by atoms with Crippen molar-refractivity contribution in [2.24, 2.45) is 11.8 Å². The maximum atomic E-state index is 12.6. The van der Waals surface area contributed by atoms with Gasteiger partial charge in [0.2, 0.25) is 5.91 Å². The number of anilines is 1. The first-order valence-electron chi connectivity index (χ1n) is 6.50. The average Bonchev–Trinajstić information content (AvgIpc) is 2.40. The van der Waals surface area contributed by atoms with Crippen molar-refractivity contribution in [1.29, 1.82) is 0 Å². The lowest BCUT2D eigenvalue weighted by Crippen LogP contribution is -2.32. The molecule has 0 aliphatic heterocycles. The Morgan fingerprint density at radius 1 is 1.15 bits per heavy atom. The molecule has 1 fully saturated rings. The number of hydrogen-bond donors (Lipinski definition) is 1. The number of hydrogen-bond acceptors (Lipinski definition) is 1. The molecule has 0 radical (unpaired) electrons. The van der Waals surface area contributed by atoms with Crippen LogP contribution in [0.15, 0.2) is 28.7 Å². The summed E-state index contributed by atoms with van der Waals surface area (Å²) in [5.41, 5.74) is 0.649. The highest BCUT2D eigenvalue weighted by molar-refractivity contribution is 9.10. The summed E-state index contributed by atoms with van der Waals surface area (Å²) < 4.78 is 38.4.